The summed E-state index contributed by atoms with van der Waals surface area (Å²) in [6.45, 7) is 6.31. The predicted molar refractivity (Wildman–Crippen MR) is 70.7 cm³/mol. The summed E-state index contributed by atoms with van der Waals surface area (Å²) in [5.41, 5.74) is 2.01. The van der Waals surface area contributed by atoms with Gasteiger partial charge in [-0.05, 0) is 56.1 Å². The van der Waals surface area contributed by atoms with Gasteiger partial charge in [0.15, 0.2) is 5.76 Å². The van der Waals surface area contributed by atoms with E-state index in [0.29, 0.717) is 11.7 Å². The van der Waals surface area contributed by atoms with Crippen LogP contribution < -0.4 is 0 Å². The van der Waals surface area contributed by atoms with Gasteiger partial charge in [0.05, 0.1) is 7.11 Å². The van der Waals surface area contributed by atoms with Crippen LogP contribution in [0.2, 0.25) is 0 Å². The highest BCUT2D eigenvalue weighted by atomic mass is 16.5. The van der Waals surface area contributed by atoms with Crippen molar-refractivity contribution in [1.29, 1.82) is 0 Å². The fourth-order valence-corrected chi connectivity index (χ4v) is 2.36. The lowest BCUT2D eigenvalue weighted by Crippen LogP contribution is -2.12. The molecule has 0 bridgehead atoms. The van der Waals surface area contributed by atoms with Crippen LogP contribution in [0.25, 0.3) is 0 Å². The Morgan fingerprint density at radius 1 is 1.41 bits per heavy atom. The normalized spacial score (nSPS) is 17.6. The minimum Gasteiger partial charge on any atom is -0.493 e. The zero-order valence-corrected chi connectivity index (χ0v) is 11.5. The van der Waals surface area contributed by atoms with Crippen LogP contribution in [-0.2, 0) is 9.53 Å². The molecule has 0 amide bonds. The number of ether oxygens (including phenoxy) is 1. The second kappa shape index (κ2) is 6.63. The number of Topliss-reactive ketones (excluding diaryl/α,β-unsaturated/α-hetero) is 1. The van der Waals surface area contributed by atoms with Gasteiger partial charge < -0.3 is 4.74 Å². The molecule has 0 N–H and O–H groups in total. The number of methoxy groups -OCH3 is 1. The van der Waals surface area contributed by atoms with E-state index in [1.54, 1.807) is 7.11 Å². The average molecular weight is 236 g/mol. The van der Waals surface area contributed by atoms with Crippen molar-refractivity contribution in [2.24, 2.45) is 5.92 Å². The van der Waals surface area contributed by atoms with Gasteiger partial charge in [-0.3, -0.25) is 4.79 Å². The first-order chi connectivity index (χ1) is 8.06. The van der Waals surface area contributed by atoms with E-state index in [2.05, 4.69) is 19.9 Å². The van der Waals surface area contributed by atoms with Crippen molar-refractivity contribution in [3.8, 4) is 0 Å². The third-order valence-corrected chi connectivity index (χ3v) is 3.10. The topological polar surface area (TPSA) is 26.3 Å². The molecule has 96 valence electrons. The third kappa shape index (κ3) is 4.03. The smallest absolute Gasteiger partial charge is 0.223 e. The van der Waals surface area contributed by atoms with Crippen molar-refractivity contribution in [3.05, 3.63) is 23.0 Å². The highest BCUT2D eigenvalue weighted by Gasteiger charge is 2.19. The minimum absolute atomic E-state index is 0.102. The first-order valence-corrected chi connectivity index (χ1v) is 6.53. The zero-order valence-electron chi connectivity index (χ0n) is 11.5. The number of carbonyl (C=O) groups excluding carboxylic acids is 1. The van der Waals surface area contributed by atoms with E-state index in [9.17, 15) is 4.79 Å². The zero-order chi connectivity index (χ0) is 12.8. The summed E-state index contributed by atoms with van der Waals surface area (Å²) in [5, 5.41) is 0. The van der Waals surface area contributed by atoms with Crippen LogP contribution in [-0.4, -0.2) is 12.9 Å². The Bertz CT molecular complexity index is 335. The molecule has 0 saturated carbocycles. The van der Waals surface area contributed by atoms with Crippen LogP contribution in [0, 0.1) is 5.92 Å². The van der Waals surface area contributed by atoms with Gasteiger partial charge in [-0.1, -0.05) is 19.9 Å². The van der Waals surface area contributed by atoms with Gasteiger partial charge in [-0.2, -0.15) is 0 Å². The molecule has 0 radical (unpaired) electrons. The van der Waals surface area contributed by atoms with E-state index < -0.39 is 0 Å². The van der Waals surface area contributed by atoms with Crippen molar-refractivity contribution < 1.29 is 9.53 Å². The molecule has 0 aliphatic heterocycles. The number of carbonyl (C=O) groups is 1. The largest absolute Gasteiger partial charge is 0.493 e. The number of ketones is 1. The van der Waals surface area contributed by atoms with E-state index in [0.717, 1.165) is 36.8 Å². The van der Waals surface area contributed by atoms with E-state index in [1.807, 2.05) is 6.92 Å². The molecule has 0 spiro atoms. The molecule has 0 fully saturated rings. The van der Waals surface area contributed by atoms with Gasteiger partial charge in [-0.15, -0.1) is 0 Å². The monoisotopic (exact) mass is 236 g/mol. The lowest BCUT2D eigenvalue weighted by atomic mass is 9.93. The molecule has 0 aromatic rings. The Kier molecular flexibility index (Phi) is 5.46. The average Bonchev–Trinajstić information content (AvgIpc) is 2.30. The van der Waals surface area contributed by atoms with E-state index in [4.69, 9.17) is 4.74 Å². The molecule has 0 aromatic carbocycles. The highest BCUT2D eigenvalue weighted by Crippen LogP contribution is 2.24. The number of allylic oxidation sites excluding steroid dienone is 3. The fraction of sp³-hybridized carbons (Fsp3) is 0.667. The maximum absolute atomic E-state index is 12.3. The lowest BCUT2D eigenvalue weighted by molar-refractivity contribution is -0.115. The van der Waals surface area contributed by atoms with Crippen molar-refractivity contribution >= 4 is 5.78 Å². The summed E-state index contributed by atoms with van der Waals surface area (Å²) in [5.74, 6) is 1.21. The van der Waals surface area contributed by atoms with Gasteiger partial charge >= 0.3 is 0 Å². The molecule has 2 nitrogen and oxygen atoms in total. The minimum atomic E-state index is 0.102. The molecule has 2 heteroatoms. The summed E-state index contributed by atoms with van der Waals surface area (Å²) in [7, 11) is 1.60. The van der Waals surface area contributed by atoms with Crippen LogP contribution in [0.3, 0.4) is 0 Å². The molecular formula is C15H24O2. The Balaban J connectivity index is 2.86. The second-order valence-electron chi connectivity index (χ2n) is 5.22. The van der Waals surface area contributed by atoms with Crippen LogP contribution in [0.15, 0.2) is 23.0 Å². The Hall–Kier alpha value is -1.05. The summed E-state index contributed by atoms with van der Waals surface area (Å²) in [4.78, 5) is 12.3. The predicted octanol–water partition coefficient (Wildman–Crippen LogP) is 4.02. The summed E-state index contributed by atoms with van der Waals surface area (Å²) in [6.07, 6.45) is 7.25. The van der Waals surface area contributed by atoms with E-state index in [1.165, 1.54) is 6.42 Å². The molecule has 0 atom stereocenters. The molecule has 1 aliphatic rings. The van der Waals surface area contributed by atoms with Gasteiger partial charge in [-0.25, -0.2) is 0 Å². The summed E-state index contributed by atoms with van der Waals surface area (Å²) < 4.78 is 5.32. The van der Waals surface area contributed by atoms with Crippen molar-refractivity contribution in [2.75, 3.05) is 7.11 Å². The Morgan fingerprint density at radius 2 is 2.12 bits per heavy atom. The fourth-order valence-electron chi connectivity index (χ4n) is 2.36. The van der Waals surface area contributed by atoms with Gasteiger partial charge in [0.2, 0.25) is 5.78 Å². The molecule has 0 saturated heterocycles. The maximum Gasteiger partial charge on any atom is 0.223 e. The van der Waals surface area contributed by atoms with Crippen LogP contribution in [0.5, 0.6) is 0 Å². The second-order valence-corrected chi connectivity index (χ2v) is 5.22. The highest BCUT2D eigenvalue weighted by molar-refractivity contribution is 6.07. The Labute approximate surface area is 105 Å². The summed E-state index contributed by atoms with van der Waals surface area (Å²) in [6, 6.07) is 0. The third-order valence-electron chi connectivity index (χ3n) is 3.10. The number of rotatable bonds is 5. The van der Waals surface area contributed by atoms with Gasteiger partial charge in [0, 0.05) is 0 Å². The molecule has 1 aliphatic carbocycles. The first kappa shape index (κ1) is 14.0. The van der Waals surface area contributed by atoms with E-state index in [-0.39, 0.29) is 5.78 Å². The molecule has 17 heavy (non-hydrogen) atoms. The molecule has 0 aromatic heterocycles. The van der Waals surface area contributed by atoms with Crippen LogP contribution in [0.1, 0.15) is 52.9 Å². The lowest BCUT2D eigenvalue weighted by Gasteiger charge is -2.16. The summed E-state index contributed by atoms with van der Waals surface area (Å²) >= 11 is 0. The molecule has 0 unspecified atom stereocenters. The molecule has 1 rings (SSSR count). The van der Waals surface area contributed by atoms with Crippen molar-refractivity contribution in [3.63, 3.8) is 0 Å². The standard InChI is InChI=1S/C15H24O2/c1-11(2)10-12(3)15(17-4)14(16)13-8-6-5-7-9-13/h8,11H,5-7,9-10H2,1-4H3/b15-12-. The number of hydrogen-bond donors (Lipinski definition) is 0. The quantitative estimate of drug-likeness (QED) is 0.532. The SMILES string of the molecule is CO/C(C(=O)C1=CCCCC1)=C(/C)CC(C)C. The van der Waals surface area contributed by atoms with Crippen LogP contribution in [0.4, 0.5) is 0 Å². The van der Waals surface area contributed by atoms with E-state index >= 15 is 0 Å². The maximum atomic E-state index is 12.3. The first-order valence-electron chi connectivity index (χ1n) is 6.53. The number of hydrogen-bond acceptors (Lipinski definition) is 2. The molecule has 0 heterocycles. The van der Waals surface area contributed by atoms with Crippen molar-refractivity contribution in [2.45, 2.75) is 52.9 Å². The molecular weight excluding hydrogens is 212 g/mol. The van der Waals surface area contributed by atoms with Gasteiger partial charge in [0.25, 0.3) is 0 Å². The van der Waals surface area contributed by atoms with Crippen molar-refractivity contribution in [1.82, 2.24) is 0 Å². The van der Waals surface area contributed by atoms with Crippen LogP contribution >= 0.6 is 0 Å². The Morgan fingerprint density at radius 3 is 2.59 bits per heavy atom. The van der Waals surface area contributed by atoms with Gasteiger partial charge in [0.1, 0.15) is 0 Å².